The number of aliphatic hydroxyl groups is 1. The van der Waals surface area contributed by atoms with Crippen molar-refractivity contribution in [3.8, 4) is 0 Å². The normalized spacial score (nSPS) is 11.8. The van der Waals surface area contributed by atoms with Crippen LogP contribution >= 0.6 is 0 Å². The quantitative estimate of drug-likeness (QED) is 0.730. The van der Waals surface area contributed by atoms with E-state index in [9.17, 15) is 14.3 Å². The minimum Gasteiger partial charge on any atom is -0.396 e. The van der Waals surface area contributed by atoms with Crippen LogP contribution in [0.5, 0.6) is 0 Å². The summed E-state index contributed by atoms with van der Waals surface area (Å²) in [5.41, 5.74) is 2.49. The van der Waals surface area contributed by atoms with Gasteiger partial charge in [0.25, 0.3) is 0 Å². The molecule has 0 fully saturated rings. The lowest BCUT2D eigenvalue weighted by Crippen LogP contribution is -2.37. The highest BCUT2D eigenvalue weighted by molar-refractivity contribution is 5.73. The third-order valence-electron chi connectivity index (χ3n) is 3.93. The lowest BCUT2D eigenvalue weighted by atomic mass is 9.96. The molecule has 0 aliphatic rings. The Morgan fingerprint density at radius 3 is 2.58 bits per heavy atom. The van der Waals surface area contributed by atoms with Crippen molar-refractivity contribution in [1.82, 2.24) is 10.6 Å². The number of nitrogens with one attached hydrogen (secondary N) is 2. The number of rotatable bonds is 7. The van der Waals surface area contributed by atoms with E-state index in [0.29, 0.717) is 25.1 Å². The van der Waals surface area contributed by atoms with E-state index in [-0.39, 0.29) is 24.4 Å². The zero-order chi connectivity index (χ0) is 17.4. The van der Waals surface area contributed by atoms with Gasteiger partial charge in [0, 0.05) is 25.6 Å². The first-order valence-electron chi connectivity index (χ1n) is 8.02. The van der Waals surface area contributed by atoms with Gasteiger partial charge in [0.1, 0.15) is 5.82 Å². The third kappa shape index (κ3) is 5.35. The maximum atomic E-state index is 13.2. The molecule has 2 aromatic rings. The van der Waals surface area contributed by atoms with Gasteiger partial charge in [-0.05, 0) is 36.1 Å². The van der Waals surface area contributed by atoms with Crippen molar-refractivity contribution in [3.05, 3.63) is 71.0 Å². The molecule has 1 atom stereocenters. The van der Waals surface area contributed by atoms with Gasteiger partial charge < -0.3 is 15.7 Å². The van der Waals surface area contributed by atoms with Gasteiger partial charge in [-0.25, -0.2) is 9.18 Å². The number of hydrogen-bond donors (Lipinski definition) is 3. The molecule has 2 aromatic carbocycles. The highest BCUT2D eigenvalue weighted by Gasteiger charge is 2.12. The first kappa shape index (κ1) is 17.9. The minimum absolute atomic E-state index is 0.0648. The van der Waals surface area contributed by atoms with Gasteiger partial charge in [0.05, 0.1) is 0 Å². The molecule has 128 valence electrons. The number of halogens is 1. The summed E-state index contributed by atoms with van der Waals surface area (Å²) in [6.07, 6.45) is 0.585. The van der Waals surface area contributed by atoms with Gasteiger partial charge in [-0.15, -0.1) is 0 Å². The Balaban J connectivity index is 1.83. The van der Waals surface area contributed by atoms with E-state index in [2.05, 4.69) is 10.6 Å². The molecule has 2 amide bonds. The maximum absolute atomic E-state index is 13.2. The first-order valence-corrected chi connectivity index (χ1v) is 8.02. The van der Waals surface area contributed by atoms with Crippen molar-refractivity contribution in [1.29, 1.82) is 0 Å². The van der Waals surface area contributed by atoms with Gasteiger partial charge >= 0.3 is 6.03 Å². The molecule has 2 rings (SSSR count). The van der Waals surface area contributed by atoms with Crippen molar-refractivity contribution >= 4 is 6.03 Å². The molecule has 0 saturated carbocycles. The summed E-state index contributed by atoms with van der Waals surface area (Å²) >= 11 is 0. The van der Waals surface area contributed by atoms with Crippen LogP contribution in [0.25, 0.3) is 0 Å². The number of hydrogen-bond acceptors (Lipinski definition) is 2. The lowest BCUT2D eigenvalue weighted by molar-refractivity contribution is 0.237. The highest BCUT2D eigenvalue weighted by Crippen LogP contribution is 2.18. The summed E-state index contributed by atoms with van der Waals surface area (Å²) in [5, 5.41) is 14.8. The van der Waals surface area contributed by atoms with Crippen LogP contribution in [-0.2, 0) is 6.54 Å². The van der Waals surface area contributed by atoms with Gasteiger partial charge in [-0.2, -0.15) is 0 Å². The Hall–Kier alpha value is -2.40. The van der Waals surface area contributed by atoms with E-state index >= 15 is 0 Å². The Morgan fingerprint density at radius 2 is 1.92 bits per heavy atom. The number of carbonyl (C=O) groups excluding carboxylic acids is 1. The molecule has 24 heavy (non-hydrogen) atoms. The molecular formula is C19H23FN2O2. The summed E-state index contributed by atoms with van der Waals surface area (Å²) in [6, 6.07) is 14.3. The summed E-state index contributed by atoms with van der Waals surface area (Å²) in [6.45, 7) is 2.54. The van der Waals surface area contributed by atoms with E-state index in [1.165, 1.54) is 6.07 Å². The summed E-state index contributed by atoms with van der Waals surface area (Å²) in [5.74, 6) is -0.187. The minimum atomic E-state index is -0.282. The topological polar surface area (TPSA) is 61.4 Å². The third-order valence-corrected chi connectivity index (χ3v) is 3.93. The summed E-state index contributed by atoms with van der Waals surface area (Å²) in [4.78, 5) is 11.9. The SMILES string of the molecule is Cc1cc(CNC(=O)NCC(CCO)c2ccccc2)ccc1F. The Bertz CT molecular complexity index is 662. The van der Waals surface area contributed by atoms with Crippen LogP contribution in [0.1, 0.15) is 29.0 Å². The van der Waals surface area contributed by atoms with Gasteiger partial charge in [-0.3, -0.25) is 0 Å². The predicted octanol–water partition coefficient (Wildman–Crippen LogP) is 3.10. The van der Waals surface area contributed by atoms with Crippen LogP contribution < -0.4 is 10.6 Å². The van der Waals surface area contributed by atoms with Crippen molar-refractivity contribution in [2.45, 2.75) is 25.8 Å². The number of carbonyl (C=O) groups is 1. The van der Waals surface area contributed by atoms with Crippen molar-refractivity contribution < 1.29 is 14.3 Å². The Labute approximate surface area is 141 Å². The molecule has 4 nitrogen and oxygen atoms in total. The standard InChI is InChI=1S/C19H23FN2O2/c1-14-11-15(7-8-18(14)20)12-21-19(24)22-13-17(9-10-23)16-5-3-2-4-6-16/h2-8,11,17,23H,9-10,12-13H2,1H3,(H2,21,22,24). The second-order valence-electron chi connectivity index (χ2n) is 5.77. The molecule has 0 aromatic heterocycles. The second-order valence-corrected chi connectivity index (χ2v) is 5.77. The highest BCUT2D eigenvalue weighted by atomic mass is 19.1. The average molecular weight is 330 g/mol. The van der Waals surface area contributed by atoms with Gasteiger partial charge in [0.15, 0.2) is 0 Å². The molecule has 0 radical (unpaired) electrons. The van der Waals surface area contributed by atoms with Crippen molar-refractivity contribution in [3.63, 3.8) is 0 Å². The zero-order valence-electron chi connectivity index (χ0n) is 13.8. The molecule has 0 saturated heterocycles. The van der Waals surface area contributed by atoms with E-state index in [0.717, 1.165) is 11.1 Å². The molecule has 0 heterocycles. The number of aryl methyl sites for hydroxylation is 1. The second kappa shape index (κ2) is 9.03. The number of aliphatic hydroxyl groups excluding tert-OH is 1. The van der Waals surface area contributed by atoms with Gasteiger partial charge in [0.2, 0.25) is 0 Å². The smallest absolute Gasteiger partial charge is 0.315 e. The van der Waals surface area contributed by atoms with E-state index in [1.807, 2.05) is 30.3 Å². The monoisotopic (exact) mass is 330 g/mol. The van der Waals surface area contributed by atoms with Crippen LogP contribution in [0.3, 0.4) is 0 Å². The van der Waals surface area contributed by atoms with Crippen LogP contribution in [0.15, 0.2) is 48.5 Å². The molecule has 3 N–H and O–H groups in total. The molecule has 0 bridgehead atoms. The number of benzene rings is 2. The zero-order valence-corrected chi connectivity index (χ0v) is 13.8. The molecule has 0 aliphatic heterocycles. The Kier molecular flexibility index (Phi) is 6.75. The average Bonchev–Trinajstić information content (AvgIpc) is 2.60. The van der Waals surface area contributed by atoms with Crippen LogP contribution in [-0.4, -0.2) is 24.3 Å². The fourth-order valence-corrected chi connectivity index (χ4v) is 2.55. The number of amides is 2. The summed E-state index contributed by atoms with van der Waals surface area (Å²) in [7, 11) is 0. The maximum Gasteiger partial charge on any atom is 0.315 e. The molecule has 0 spiro atoms. The van der Waals surface area contributed by atoms with E-state index < -0.39 is 0 Å². The van der Waals surface area contributed by atoms with Crippen molar-refractivity contribution in [2.75, 3.05) is 13.2 Å². The fraction of sp³-hybridized carbons (Fsp3) is 0.316. The van der Waals surface area contributed by atoms with Crippen molar-refractivity contribution in [2.24, 2.45) is 0 Å². The van der Waals surface area contributed by atoms with Crippen LogP contribution in [0, 0.1) is 12.7 Å². The van der Waals surface area contributed by atoms with E-state index in [4.69, 9.17) is 0 Å². The lowest BCUT2D eigenvalue weighted by Gasteiger charge is -2.17. The van der Waals surface area contributed by atoms with E-state index in [1.54, 1.807) is 19.1 Å². The first-order chi connectivity index (χ1) is 11.6. The Morgan fingerprint density at radius 1 is 1.17 bits per heavy atom. The molecule has 5 heteroatoms. The fourth-order valence-electron chi connectivity index (χ4n) is 2.55. The van der Waals surface area contributed by atoms with Gasteiger partial charge in [-0.1, -0.05) is 42.5 Å². The number of urea groups is 1. The largest absolute Gasteiger partial charge is 0.396 e. The van der Waals surface area contributed by atoms with Crippen LogP contribution in [0.4, 0.5) is 9.18 Å². The molecule has 1 unspecified atom stereocenters. The molecule has 0 aliphatic carbocycles. The molecular weight excluding hydrogens is 307 g/mol. The summed E-state index contributed by atoms with van der Waals surface area (Å²) < 4.78 is 13.2. The van der Waals surface area contributed by atoms with Crippen LogP contribution in [0.2, 0.25) is 0 Å². The predicted molar refractivity (Wildman–Crippen MR) is 92.3 cm³/mol.